The number of anilines is 2. The van der Waals surface area contributed by atoms with Crippen molar-refractivity contribution < 1.29 is 32.2 Å². The fourth-order valence-electron chi connectivity index (χ4n) is 5.14. The molecule has 7 nitrogen and oxygen atoms in total. The molecule has 0 radical (unpaired) electrons. The van der Waals surface area contributed by atoms with E-state index in [0.29, 0.717) is 41.8 Å². The number of hydrogen-bond acceptors (Lipinski definition) is 5. The molecule has 0 bridgehead atoms. The average molecular weight is 516 g/mol. The number of ether oxygens (including phenoxy) is 2. The quantitative estimate of drug-likeness (QED) is 0.587. The van der Waals surface area contributed by atoms with Gasteiger partial charge in [0.05, 0.1) is 24.3 Å². The Morgan fingerprint density at radius 1 is 1.24 bits per heavy atom. The summed E-state index contributed by atoms with van der Waals surface area (Å²) >= 11 is 0. The second-order valence-corrected chi connectivity index (χ2v) is 9.54. The van der Waals surface area contributed by atoms with Gasteiger partial charge in [0, 0.05) is 43.2 Å². The van der Waals surface area contributed by atoms with Crippen molar-refractivity contribution in [1.29, 1.82) is 0 Å². The maximum atomic E-state index is 13.1. The zero-order valence-corrected chi connectivity index (χ0v) is 20.4. The molecule has 2 atom stereocenters. The second kappa shape index (κ2) is 10.2. The van der Waals surface area contributed by atoms with Crippen LogP contribution in [-0.2, 0) is 26.9 Å². The summed E-state index contributed by atoms with van der Waals surface area (Å²) in [7, 11) is 1.68. The first kappa shape index (κ1) is 25.3. The van der Waals surface area contributed by atoms with Gasteiger partial charge in [0.25, 0.3) is 0 Å². The Morgan fingerprint density at radius 3 is 2.84 bits per heavy atom. The van der Waals surface area contributed by atoms with Crippen molar-refractivity contribution >= 4 is 28.8 Å². The van der Waals surface area contributed by atoms with E-state index in [2.05, 4.69) is 15.5 Å². The van der Waals surface area contributed by atoms with Crippen LogP contribution in [0.1, 0.15) is 36.0 Å². The highest BCUT2D eigenvalue weighted by Crippen LogP contribution is 2.38. The SMILES string of the molecule is CO[C@@H]1CCN(C2Cc3ccc(NC(=O)C=C4CCCOc5cc(C(F)(F)F)ccc54)cc3NC2=O)C1. The van der Waals surface area contributed by atoms with Crippen molar-refractivity contribution in [3.05, 3.63) is 59.2 Å². The lowest BCUT2D eigenvalue weighted by atomic mass is 9.97. The first-order valence-electron chi connectivity index (χ1n) is 12.3. The molecule has 0 spiro atoms. The van der Waals surface area contributed by atoms with Gasteiger partial charge in [-0.05, 0) is 61.1 Å². The Kier molecular flexibility index (Phi) is 6.96. The van der Waals surface area contributed by atoms with E-state index >= 15 is 0 Å². The molecule has 0 aromatic heterocycles. The maximum absolute atomic E-state index is 13.1. The van der Waals surface area contributed by atoms with E-state index in [1.165, 1.54) is 12.1 Å². The number of likely N-dealkylation sites (tertiary alicyclic amines) is 1. The number of rotatable bonds is 4. The van der Waals surface area contributed by atoms with Crippen LogP contribution in [0.2, 0.25) is 0 Å². The number of nitrogens with zero attached hydrogens (tertiary/aromatic N) is 1. The number of amides is 2. The summed E-state index contributed by atoms with van der Waals surface area (Å²) in [5.41, 5.74) is 2.44. The van der Waals surface area contributed by atoms with Crippen molar-refractivity contribution in [2.75, 3.05) is 37.4 Å². The van der Waals surface area contributed by atoms with Crippen LogP contribution >= 0.6 is 0 Å². The molecule has 3 aliphatic rings. The number of carbonyl (C=O) groups is 2. The molecule has 196 valence electrons. The molecular formula is C27H28F3N3O4. The van der Waals surface area contributed by atoms with E-state index in [1.54, 1.807) is 19.2 Å². The standard InChI is InChI=1S/C27H28F3N3O4/c1-36-20-8-9-33(15-20)23-11-17-4-6-19(14-22(17)32-26(23)35)31-25(34)12-16-3-2-10-37-24-13-18(27(28,29)30)5-7-21(16)24/h4-7,12-14,20,23H,2-3,8-11,15H2,1H3,(H,31,34)(H,32,35)/t20-,23?/m1/s1. The first-order valence-corrected chi connectivity index (χ1v) is 12.3. The lowest BCUT2D eigenvalue weighted by Gasteiger charge is -2.31. The van der Waals surface area contributed by atoms with Crippen LogP contribution < -0.4 is 15.4 Å². The van der Waals surface area contributed by atoms with Gasteiger partial charge in [0.2, 0.25) is 11.8 Å². The molecule has 2 amide bonds. The summed E-state index contributed by atoms with van der Waals surface area (Å²) in [5.74, 6) is -0.374. The minimum Gasteiger partial charge on any atom is -0.493 e. The number of alkyl halides is 3. The Labute approximate surface area is 212 Å². The zero-order chi connectivity index (χ0) is 26.2. The summed E-state index contributed by atoms with van der Waals surface area (Å²) in [6.45, 7) is 1.79. The van der Waals surface area contributed by atoms with Gasteiger partial charge in [-0.3, -0.25) is 14.5 Å². The molecule has 1 saturated heterocycles. The summed E-state index contributed by atoms with van der Waals surface area (Å²) in [6, 6.07) is 8.46. The smallest absolute Gasteiger partial charge is 0.416 e. The topological polar surface area (TPSA) is 79.9 Å². The predicted molar refractivity (Wildman–Crippen MR) is 132 cm³/mol. The number of allylic oxidation sites excluding steroid dienone is 1. The number of methoxy groups -OCH3 is 1. The molecule has 1 fully saturated rings. The van der Waals surface area contributed by atoms with Crippen LogP contribution in [0.4, 0.5) is 24.5 Å². The molecular weight excluding hydrogens is 487 g/mol. The monoisotopic (exact) mass is 515 g/mol. The minimum absolute atomic E-state index is 0.0804. The Bertz CT molecular complexity index is 1240. The van der Waals surface area contributed by atoms with Crippen molar-refractivity contribution in [3.63, 3.8) is 0 Å². The molecule has 2 N–H and O–H groups in total. The van der Waals surface area contributed by atoms with Gasteiger partial charge < -0.3 is 20.1 Å². The number of halogens is 3. The summed E-state index contributed by atoms with van der Waals surface area (Å²) in [5, 5.41) is 5.76. The Balaban J connectivity index is 1.30. The van der Waals surface area contributed by atoms with Crippen LogP contribution in [-0.4, -0.2) is 55.7 Å². The molecule has 1 unspecified atom stereocenters. The molecule has 5 rings (SSSR count). The predicted octanol–water partition coefficient (Wildman–Crippen LogP) is 4.48. The second-order valence-electron chi connectivity index (χ2n) is 9.54. The number of benzene rings is 2. The van der Waals surface area contributed by atoms with Gasteiger partial charge in [-0.1, -0.05) is 12.1 Å². The molecule has 2 aromatic carbocycles. The van der Waals surface area contributed by atoms with Gasteiger partial charge in [-0.25, -0.2) is 0 Å². The minimum atomic E-state index is -4.48. The summed E-state index contributed by atoms with van der Waals surface area (Å²) in [4.78, 5) is 27.8. The molecule has 0 aliphatic carbocycles. The van der Waals surface area contributed by atoms with Crippen LogP contribution in [0.15, 0.2) is 42.5 Å². The number of fused-ring (bicyclic) bond motifs is 2. The third-order valence-corrected chi connectivity index (χ3v) is 7.11. The third-order valence-electron chi connectivity index (χ3n) is 7.11. The highest BCUT2D eigenvalue weighted by atomic mass is 19.4. The molecule has 3 aliphatic heterocycles. The van der Waals surface area contributed by atoms with Crippen molar-refractivity contribution in [1.82, 2.24) is 4.90 Å². The fourth-order valence-corrected chi connectivity index (χ4v) is 5.14. The van der Waals surface area contributed by atoms with E-state index in [-0.39, 0.29) is 30.4 Å². The van der Waals surface area contributed by atoms with E-state index in [9.17, 15) is 22.8 Å². The summed E-state index contributed by atoms with van der Waals surface area (Å²) < 4.78 is 50.3. The Hall–Kier alpha value is -3.37. The van der Waals surface area contributed by atoms with Crippen molar-refractivity contribution in [2.45, 2.75) is 44.0 Å². The van der Waals surface area contributed by atoms with Gasteiger partial charge in [-0.2, -0.15) is 13.2 Å². The molecule has 0 saturated carbocycles. The van der Waals surface area contributed by atoms with Gasteiger partial charge in [0.15, 0.2) is 0 Å². The van der Waals surface area contributed by atoms with Gasteiger partial charge in [0.1, 0.15) is 5.75 Å². The van der Waals surface area contributed by atoms with Crippen molar-refractivity contribution in [2.24, 2.45) is 0 Å². The Morgan fingerprint density at radius 2 is 2.08 bits per heavy atom. The van der Waals surface area contributed by atoms with E-state index in [1.807, 2.05) is 6.07 Å². The number of nitrogens with one attached hydrogen (secondary N) is 2. The third kappa shape index (κ3) is 5.50. The van der Waals surface area contributed by atoms with Crippen molar-refractivity contribution in [3.8, 4) is 5.75 Å². The van der Waals surface area contributed by atoms with Crippen LogP contribution in [0, 0.1) is 0 Å². The lowest BCUT2D eigenvalue weighted by molar-refractivity contribution is -0.137. The number of hydrogen-bond donors (Lipinski definition) is 2. The van der Waals surface area contributed by atoms with E-state index in [4.69, 9.17) is 9.47 Å². The first-order chi connectivity index (χ1) is 17.7. The average Bonchev–Trinajstić information content (AvgIpc) is 3.25. The maximum Gasteiger partial charge on any atom is 0.416 e. The van der Waals surface area contributed by atoms with Gasteiger partial charge >= 0.3 is 6.18 Å². The van der Waals surface area contributed by atoms with Crippen LogP contribution in [0.3, 0.4) is 0 Å². The van der Waals surface area contributed by atoms with E-state index < -0.39 is 17.6 Å². The van der Waals surface area contributed by atoms with E-state index in [0.717, 1.165) is 37.2 Å². The largest absolute Gasteiger partial charge is 0.493 e. The van der Waals surface area contributed by atoms with Crippen LogP contribution in [0.25, 0.3) is 5.57 Å². The van der Waals surface area contributed by atoms with Gasteiger partial charge in [-0.15, -0.1) is 0 Å². The molecule has 3 heterocycles. The number of carbonyl (C=O) groups excluding carboxylic acids is 2. The molecule has 37 heavy (non-hydrogen) atoms. The molecule has 2 aromatic rings. The molecule has 10 heteroatoms. The fraction of sp³-hybridized carbons (Fsp3) is 0.407. The zero-order valence-electron chi connectivity index (χ0n) is 20.4. The van der Waals surface area contributed by atoms with Crippen LogP contribution in [0.5, 0.6) is 5.75 Å². The lowest BCUT2D eigenvalue weighted by Crippen LogP contribution is -2.47. The highest BCUT2D eigenvalue weighted by Gasteiger charge is 2.36. The highest BCUT2D eigenvalue weighted by molar-refractivity contribution is 6.05. The normalized spacial score (nSPS) is 23.0. The summed E-state index contributed by atoms with van der Waals surface area (Å²) in [6.07, 6.45) is -0.403.